The van der Waals surface area contributed by atoms with E-state index in [4.69, 9.17) is 0 Å². The topological polar surface area (TPSA) is 27.0 Å². The highest BCUT2D eigenvalue weighted by Crippen LogP contribution is 2.43. The van der Waals surface area contributed by atoms with Gasteiger partial charge in [-0.1, -0.05) is 89.0 Å². The molecule has 0 saturated carbocycles. The molecule has 2 nitrogen and oxygen atoms in total. The van der Waals surface area contributed by atoms with E-state index in [0.717, 1.165) is 53.4 Å². The van der Waals surface area contributed by atoms with Crippen LogP contribution in [0.4, 0.5) is 0 Å². The predicted octanol–water partition coefficient (Wildman–Crippen LogP) is 7.32. The van der Waals surface area contributed by atoms with Crippen LogP contribution in [0.15, 0.2) is 57.5 Å². The minimum atomic E-state index is -0.510. The summed E-state index contributed by atoms with van der Waals surface area (Å²) in [6, 6.07) is 19.4. The first-order valence-corrected chi connectivity index (χ1v) is 11.6. The lowest BCUT2D eigenvalue weighted by atomic mass is 9.70. The normalized spacial score (nSPS) is 13.5. The van der Waals surface area contributed by atoms with Crippen molar-refractivity contribution >= 4 is 31.9 Å². The van der Waals surface area contributed by atoms with Gasteiger partial charge in [0.05, 0.1) is 11.5 Å². The van der Waals surface area contributed by atoms with Crippen LogP contribution in [0.2, 0.25) is 0 Å². The van der Waals surface area contributed by atoms with E-state index in [1.807, 2.05) is 18.2 Å². The van der Waals surface area contributed by atoms with Gasteiger partial charge < -0.3 is 0 Å². The van der Waals surface area contributed by atoms with Gasteiger partial charge in [-0.3, -0.25) is 4.90 Å². The molecular weight excluding hydrogens is 476 g/mol. The summed E-state index contributed by atoms with van der Waals surface area (Å²) < 4.78 is 2.01. The molecule has 0 N–H and O–H groups in total. The highest BCUT2D eigenvalue weighted by molar-refractivity contribution is 9.11. The maximum absolute atomic E-state index is 10.2. The highest BCUT2D eigenvalue weighted by atomic mass is 79.9. The lowest BCUT2D eigenvalue weighted by molar-refractivity contribution is 0.244. The smallest absolute Gasteiger partial charge is 0.0867 e. The molecule has 1 unspecified atom stereocenters. The fourth-order valence-electron chi connectivity index (χ4n) is 3.88. The zero-order chi connectivity index (χ0) is 20.6. The third kappa shape index (κ3) is 5.69. The van der Waals surface area contributed by atoms with Gasteiger partial charge in [0, 0.05) is 21.1 Å². The fraction of sp³-hybridized carbons (Fsp3) is 0.458. The van der Waals surface area contributed by atoms with Crippen LogP contribution in [0.25, 0.3) is 0 Å². The van der Waals surface area contributed by atoms with Crippen LogP contribution in [0.1, 0.15) is 51.2 Å². The Morgan fingerprint density at radius 1 is 1.00 bits per heavy atom. The van der Waals surface area contributed by atoms with Crippen molar-refractivity contribution in [2.24, 2.45) is 5.92 Å². The molecule has 0 fully saturated rings. The summed E-state index contributed by atoms with van der Waals surface area (Å²) in [6.07, 6.45) is 2.97. The first-order valence-electron chi connectivity index (χ1n) is 10.1. The molecule has 0 saturated heterocycles. The van der Waals surface area contributed by atoms with Gasteiger partial charge in [0.1, 0.15) is 0 Å². The molecule has 2 aromatic carbocycles. The SMILES string of the molecule is CCCN(CCCC(C#N)(c1c(Br)cccc1Br)C(C)C)Cc1ccccc1. The van der Waals surface area contributed by atoms with Crippen LogP contribution in [0.3, 0.4) is 0 Å². The maximum Gasteiger partial charge on any atom is 0.0867 e. The molecule has 0 aliphatic carbocycles. The summed E-state index contributed by atoms with van der Waals surface area (Å²) in [6.45, 7) is 9.58. The molecule has 28 heavy (non-hydrogen) atoms. The second-order valence-electron chi connectivity index (χ2n) is 7.70. The van der Waals surface area contributed by atoms with Crippen molar-refractivity contribution in [3.63, 3.8) is 0 Å². The maximum atomic E-state index is 10.2. The fourth-order valence-corrected chi connectivity index (χ4v) is 5.58. The van der Waals surface area contributed by atoms with Crippen molar-refractivity contribution in [3.05, 3.63) is 68.6 Å². The number of hydrogen-bond donors (Lipinski definition) is 0. The van der Waals surface area contributed by atoms with E-state index < -0.39 is 5.41 Å². The zero-order valence-corrected chi connectivity index (χ0v) is 20.3. The minimum Gasteiger partial charge on any atom is -0.299 e. The van der Waals surface area contributed by atoms with E-state index in [1.54, 1.807) is 0 Å². The van der Waals surface area contributed by atoms with Crippen molar-refractivity contribution in [3.8, 4) is 6.07 Å². The molecule has 1 atom stereocenters. The molecule has 0 spiro atoms. The lowest BCUT2D eigenvalue weighted by Gasteiger charge is -2.34. The van der Waals surface area contributed by atoms with Gasteiger partial charge in [-0.05, 0) is 56.0 Å². The van der Waals surface area contributed by atoms with Crippen LogP contribution >= 0.6 is 31.9 Å². The third-order valence-electron chi connectivity index (χ3n) is 5.43. The number of nitrogens with zero attached hydrogens (tertiary/aromatic N) is 2. The van der Waals surface area contributed by atoms with Crippen LogP contribution in [-0.2, 0) is 12.0 Å². The summed E-state index contributed by atoms with van der Waals surface area (Å²) in [5.74, 6) is 0.223. The van der Waals surface area contributed by atoms with Crippen molar-refractivity contribution < 1.29 is 0 Å². The largest absolute Gasteiger partial charge is 0.299 e. The Bertz CT molecular complexity index is 763. The Kier molecular flexibility index (Phi) is 9.21. The van der Waals surface area contributed by atoms with Gasteiger partial charge in [-0.25, -0.2) is 0 Å². The van der Waals surface area contributed by atoms with Crippen LogP contribution in [0, 0.1) is 17.2 Å². The Labute approximate surface area is 187 Å². The third-order valence-corrected chi connectivity index (χ3v) is 6.75. The van der Waals surface area contributed by atoms with E-state index in [1.165, 1.54) is 5.56 Å². The van der Waals surface area contributed by atoms with Crippen molar-refractivity contribution in [1.29, 1.82) is 5.26 Å². The monoisotopic (exact) mass is 504 g/mol. The van der Waals surface area contributed by atoms with E-state index >= 15 is 0 Å². The highest BCUT2D eigenvalue weighted by Gasteiger charge is 2.38. The molecule has 0 aliphatic rings. The van der Waals surface area contributed by atoms with Crippen molar-refractivity contribution in [2.45, 2.75) is 52.0 Å². The average molecular weight is 506 g/mol. The Hall–Kier alpha value is -1.15. The molecule has 2 aromatic rings. The number of halogens is 2. The molecule has 2 rings (SSSR count). The van der Waals surface area contributed by atoms with Crippen LogP contribution in [0.5, 0.6) is 0 Å². The lowest BCUT2D eigenvalue weighted by Crippen LogP contribution is -2.33. The van der Waals surface area contributed by atoms with Gasteiger partial charge in [-0.2, -0.15) is 5.26 Å². The molecule has 0 radical (unpaired) electrons. The molecular formula is C24H30Br2N2. The number of benzene rings is 2. The number of hydrogen-bond acceptors (Lipinski definition) is 2. The summed E-state index contributed by atoms with van der Waals surface area (Å²) in [4.78, 5) is 2.51. The zero-order valence-electron chi connectivity index (χ0n) is 17.1. The summed E-state index contributed by atoms with van der Waals surface area (Å²) in [5, 5.41) is 10.2. The predicted molar refractivity (Wildman–Crippen MR) is 125 cm³/mol. The Morgan fingerprint density at radius 3 is 2.18 bits per heavy atom. The molecule has 0 heterocycles. The Balaban J connectivity index is 2.16. The van der Waals surface area contributed by atoms with Gasteiger partial charge in [0.15, 0.2) is 0 Å². The molecule has 0 aliphatic heterocycles. The van der Waals surface area contributed by atoms with Gasteiger partial charge in [0.25, 0.3) is 0 Å². The van der Waals surface area contributed by atoms with E-state index in [0.29, 0.717) is 0 Å². The van der Waals surface area contributed by atoms with Crippen molar-refractivity contribution in [1.82, 2.24) is 4.90 Å². The minimum absolute atomic E-state index is 0.223. The molecule has 4 heteroatoms. The second kappa shape index (κ2) is 11.1. The van der Waals surface area contributed by atoms with E-state index in [9.17, 15) is 5.26 Å². The summed E-state index contributed by atoms with van der Waals surface area (Å²) in [5.41, 5.74) is 1.92. The quantitative estimate of drug-likeness (QED) is 0.338. The van der Waals surface area contributed by atoms with Gasteiger partial charge >= 0.3 is 0 Å². The first-order chi connectivity index (χ1) is 13.4. The molecule has 0 bridgehead atoms. The first kappa shape index (κ1) is 23.1. The summed E-state index contributed by atoms with van der Waals surface area (Å²) >= 11 is 7.38. The van der Waals surface area contributed by atoms with Crippen LogP contribution in [-0.4, -0.2) is 18.0 Å². The van der Waals surface area contributed by atoms with Gasteiger partial charge in [0.2, 0.25) is 0 Å². The Morgan fingerprint density at radius 2 is 1.64 bits per heavy atom. The second-order valence-corrected chi connectivity index (χ2v) is 9.41. The number of rotatable bonds is 10. The molecule has 0 aromatic heterocycles. The summed E-state index contributed by atoms with van der Waals surface area (Å²) in [7, 11) is 0. The average Bonchev–Trinajstić information content (AvgIpc) is 2.67. The standard InChI is InChI=1S/C24H30Br2N2/c1-4-15-28(17-20-10-6-5-7-11-20)16-9-14-24(18-27,19(2)3)23-21(25)12-8-13-22(23)26/h5-8,10-13,19H,4,9,14-17H2,1-3H3. The van der Waals surface area contributed by atoms with E-state index in [-0.39, 0.29) is 5.92 Å². The van der Waals surface area contributed by atoms with E-state index in [2.05, 4.69) is 93.9 Å². The van der Waals surface area contributed by atoms with Gasteiger partial charge in [-0.15, -0.1) is 0 Å². The van der Waals surface area contributed by atoms with Crippen LogP contribution < -0.4 is 0 Å². The molecule has 0 amide bonds. The molecule has 150 valence electrons. The van der Waals surface area contributed by atoms with Crippen molar-refractivity contribution in [2.75, 3.05) is 13.1 Å². The number of nitriles is 1.